The molecule has 1 saturated heterocycles. The van der Waals surface area contributed by atoms with Gasteiger partial charge in [-0.25, -0.2) is 0 Å². The third-order valence-corrected chi connectivity index (χ3v) is 5.46. The average Bonchev–Trinajstić information content (AvgIpc) is 2.65. The van der Waals surface area contributed by atoms with Crippen molar-refractivity contribution in [2.45, 2.75) is 19.4 Å². The monoisotopic (exact) mass is 405 g/mol. The van der Waals surface area contributed by atoms with Gasteiger partial charge in [-0.05, 0) is 49.2 Å². The molecule has 0 aromatic heterocycles. The summed E-state index contributed by atoms with van der Waals surface area (Å²) in [4.78, 5) is 26.5. The molecule has 1 fully saturated rings. The van der Waals surface area contributed by atoms with Crippen molar-refractivity contribution in [1.82, 2.24) is 4.90 Å². The van der Waals surface area contributed by atoms with E-state index in [1.807, 2.05) is 12.1 Å². The number of nitrogens with zero attached hydrogens (tertiary/aromatic N) is 1. The molecule has 3 rings (SSSR count). The second kappa shape index (κ2) is 8.74. The number of nitrogens with one attached hydrogen (secondary N) is 1. The lowest BCUT2D eigenvalue weighted by molar-refractivity contribution is -0.121. The minimum absolute atomic E-state index is 0.0949. The summed E-state index contributed by atoms with van der Waals surface area (Å²) in [5, 5.41) is 3.92. The number of carbonyl (C=O) groups excluding carboxylic acids is 2. The van der Waals surface area contributed by atoms with Crippen LogP contribution >= 0.6 is 23.2 Å². The Morgan fingerprint density at radius 1 is 1.15 bits per heavy atom. The van der Waals surface area contributed by atoms with Crippen molar-refractivity contribution in [3.05, 3.63) is 63.6 Å². The number of halogens is 2. The van der Waals surface area contributed by atoms with E-state index in [9.17, 15) is 9.59 Å². The summed E-state index contributed by atoms with van der Waals surface area (Å²) in [5.41, 5.74) is 7.21. The minimum atomic E-state index is -0.559. The van der Waals surface area contributed by atoms with Crippen molar-refractivity contribution in [3.8, 4) is 0 Å². The number of rotatable bonds is 5. The molecular formula is C20H21Cl2N3O2. The fraction of sp³-hybridized carbons (Fsp3) is 0.300. The van der Waals surface area contributed by atoms with E-state index in [-0.39, 0.29) is 11.8 Å². The highest BCUT2D eigenvalue weighted by atomic mass is 35.5. The average molecular weight is 406 g/mol. The van der Waals surface area contributed by atoms with Gasteiger partial charge in [-0.1, -0.05) is 41.4 Å². The van der Waals surface area contributed by atoms with Gasteiger partial charge in [0.05, 0.1) is 27.2 Å². The number of hydrogen-bond acceptors (Lipinski definition) is 3. The van der Waals surface area contributed by atoms with E-state index in [4.69, 9.17) is 28.9 Å². The number of benzene rings is 2. The van der Waals surface area contributed by atoms with Gasteiger partial charge in [-0.3, -0.25) is 14.5 Å². The topological polar surface area (TPSA) is 75.4 Å². The van der Waals surface area contributed by atoms with Crippen LogP contribution in [0.2, 0.25) is 10.0 Å². The van der Waals surface area contributed by atoms with Crippen LogP contribution in [-0.2, 0) is 11.3 Å². The first-order valence-electron chi connectivity index (χ1n) is 8.80. The van der Waals surface area contributed by atoms with Crippen molar-refractivity contribution >= 4 is 40.7 Å². The number of amides is 2. The molecule has 0 bridgehead atoms. The summed E-state index contributed by atoms with van der Waals surface area (Å²) < 4.78 is 0. The number of piperidine rings is 1. The molecule has 7 heteroatoms. The van der Waals surface area contributed by atoms with E-state index in [1.54, 1.807) is 30.3 Å². The standard InChI is InChI=1S/C20H21Cl2N3O2/c21-16-8-7-13(10-17(16)22)11-25-9-3-4-14(12-25)20(27)24-18-6-2-1-5-15(18)19(23)26/h1-2,5-8,10,14H,3-4,9,11-12H2,(H2,23,26)(H,24,27). The normalized spacial score (nSPS) is 17.5. The van der Waals surface area contributed by atoms with Crippen LogP contribution in [0.4, 0.5) is 5.69 Å². The Bertz CT molecular complexity index is 857. The summed E-state index contributed by atoms with van der Waals surface area (Å²) in [5.74, 6) is -0.805. The van der Waals surface area contributed by atoms with E-state index in [0.717, 1.165) is 24.9 Å². The van der Waals surface area contributed by atoms with Crippen LogP contribution in [0.15, 0.2) is 42.5 Å². The number of hydrogen-bond donors (Lipinski definition) is 2. The van der Waals surface area contributed by atoms with Gasteiger partial charge in [-0.2, -0.15) is 0 Å². The molecule has 0 saturated carbocycles. The third kappa shape index (κ3) is 5.01. The van der Waals surface area contributed by atoms with Crippen molar-refractivity contribution in [3.63, 3.8) is 0 Å². The largest absolute Gasteiger partial charge is 0.366 e. The molecule has 0 spiro atoms. The lowest BCUT2D eigenvalue weighted by Gasteiger charge is -2.32. The van der Waals surface area contributed by atoms with E-state index < -0.39 is 5.91 Å². The number of nitrogens with two attached hydrogens (primary N) is 1. The first-order chi connectivity index (χ1) is 12.9. The molecule has 1 unspecified atom stereocenters. The molecule has 142 valence electrons. The second-order valence-electron chi connectivity index (χ2n) is 6.72. The Morgan fingerprint density at radius 3 is 2.67 bits per heavy atom. The van der Waals surface area contributed by atoms with Crippen molar-refractivity contribution in [1.29, 1.82) is 0 Å². The molecule has 0 aliphatic carbocycles. The van der Waals surface area contributed by atoms with Gasteiger partial charge in [-0.15, -0.1) is 0 Å². The van der Waals surface area contributed by atoms with Crippen LogP contribution in [0, 0.1) is 5.92 Å². The maximum absolute atomic E-state index is 12.7. The first-order valence-corrected chi connectivity index (χ1v) is 9.55. The van der Waals surface area contributed by atoms with Gasteiger partial charge in [0.2, 0.25) is 5.91 Å². The quantitative estimate of drug-likeness (QED) is 0.790. The second-order valence-corrected chi connectivity index (χ2v) is 7.54. The predicted molar refractivity (Wildman–Crippen MR) is 108 cm³/mol. The molecular weight excluding hydrogens is 385 g/mol. The molecule has 0 radical (unpaired) electrons. The zero-order chi connectivity index (χ0) is 19.4. The summed E-state index contributed by atoms with van der Waals surface area (Å²) in [7, 11) is 0. The van der Waals surface area contributed by atoms with Crippen molar-refractivity contribution in [2.24, 2.45) is 11.7 Å². The number of para-hydroxylation sites is 1. The maximum atomic E-state index is 12.7. The Balaban J connectivity index is 1.64. The Labute approximate surface area is 168 Å². The molecule has 5 nitrogen and oxygen atoms in total. The lowest BCUT2D eigenvalue weighted by Crippen LogP contribution is -2.40. The highest BCUT2D eigenvalue weighted by Crippen LogP contribution is 2.25. The Kier molecular flexibility index (Phi) is 6.37. The van der Waals surface area contributed by atoms with Crippen LogP contribution in [0.25, 0.3) is 0 Å². The van der Waals surface area contributed by atoms with Crippen LogP contribution in [-0.4, -0.2) is 29.8 Å². The Hall–Kier alpha value is -2.08. The third-order valence-electron chi connectivity index (χ3n) is 4.72. The fourth-order valence-electron chi connectivity index (χ4n) is 3.35. The van der Waals surface area contributed by atoms with Gasteiger partial charge < -0.3 is 11.1 Å². The number of anilines is 1. The smallest absolute Gasteiger partial charge is 0.250 e. The molecule has 1 heterocycles. The van der Waals surface area contributed by atoms with Crippen LogP contribution in [0.3, 0.4) is 0 Å². The highest BCUT2D eigenvalue weighted by molar-refractivity contribution is 6.42. The molecule has 1 aliphatic heterocycles. The zero-order valence-corrected chi connectivity index (χ0v) is 16.3. The van der Waals surface area contributed by atoms with E-state index >= 15 is 0 Å². The number of primary amides is 1. The Morgan fingerprint density at radius 2 is 1.93 bits per heavy atom. The summed E-state index contributed by atoms with van der Waals surface area (Å²) in [6, 6.07) is 12.4. The summed E-state index contributed by atoms with van der Waals surface area (Å²) in [6.07, 6.45) is 1.74. The van der Waals surface area contributed by atoms with Gasteiger partial charge >= 0.3 is 0 Å². The molecule has 2 aromatic rings. The first kappa shape index (κ1) is 19.7. The lowest BCUT2D eigenvalue weighted by atomic mass is 9.96. The van der Waals surface area contributed by atoms with Crippen molar-refractivity contribution < 1.29 is 9.59 Å². The van der Waals surface area contributed by atoms with Gasteiger partial charge in [0.25, 0.3) is 5.91 Å². The molecule has 2 amide bonds. The van der Waals surface area contributed by atoms with Gasteiger partial charge in [0.1, 0.15) is 0 Å². The number of likely N-dealkylation sites (tertiary alicyclic amines) is 1. The molecule has 3 N–H and O–H groups in total. The van der Waals surface area contributed by atoms with E-state index in [2.05, 4.69) is 10.2 Å². The maximum Gasteiger partial charge on any atom is 0.250 e. The summed E-state index contributed by atoms with van der Waals surface area (Å²) in [6.45, 7) is 2.27. The molecule has 1 atom stereocenters. The predicted octanol–water partition coefficient (Wildman–Crippen LogP) is 3.94. The van der Waals surface area contributed by atoms with Crippen molar-refractivity contribution in [2.75, 3.05) is 18.4 Å². The van der Waals surface area contributed by atoms with E-state index in [1.165, 1.54) is 0 Å². The fourth-order valence-corrected chi connectivity index (χ4v) is 3.67. The van der Waals surface area contributed by atoms with Crippen LogP contribution in [0.1, 0.15) is 28.8 Å². The number of carbonyl (C=O) groups is 2. The molecule has 2 aromatic carbocycles. The summed E-state index contributed by atoms with van der Waals surface area (Å²) >= 11 is 12.1. The highest BCUT2D eigenvalue weighted by Gasteiger charge is 2.26. The molecule has 1 aliphatic rings. The molecule has 27 heavy (non-hydrogen) atoms. The van der Waals surface area contributed by atoms with Gasteiger partial charge in [0.15, 0.2) is 0 Å². The SMILES string of the molecule is NC(=O)c1ccccc1NC(=O)C1CCCN(Cc2ccc(Cl)c(Cl)c2)C1. The minimum Gasteiger partial charge on any atom is -0.366 e. The van der Waals surface area contributed by atoms with E-state index in [0.29, 0.717) is 34.4 Å². The van der Waals surface area contributed by atoms with Crippen LogP contribution in [0.5, 0.6) is 0 Å². The van der Waals surface area contributed by atoms with Crippen LogP contribution < -0.4 is 11.1 Å². The zero-order valence-electron chi connectivity index (χ0n) is 14.8. The van der Waals surface area contributed by atoms with Gasteiger partial charge in [0, 0.05) is 13.1 Å².